The molecule has 0 aliphatic heterocycles. The second-order valence-electron chi connectivity index (χ2n) is 6.08. The van der Waals surface area contributed by atoms with Crippen LogP contribution in [-0.4, -0.2) is 11.1 Å². The van der Waals surface area contributed by atoms with E-state index < -0.39 is 5.97 Å². The van der Waals surface area contributed by atoms with Crippen molar-refractivity contribution in [2.24, 2.45) is 23.2 Å². The minimum absolute atomic E-state index is 0.214. The summed E-state index contributed by atoms with van der Waals surface area (Å²) in [5.41, 5.74) is 0.214. The number of allylic oxidation sites excluding steroid dienone is 1. The lowest BCUT2D eigenvalue weighted by atomic mass is 9.49. The highest BCUT2D eigenvalue weighted by Crippen LogP contribution is 2.60. The number of aliphatic carboxylic acids is 1. The van der Waals surface area contributed by atoms with Crippen LogP contribution in [0.5, 0.6) is 0 Å². The highest BCUT2D eigenvalue weighted by atomic mass is 79.9. The number of hydrogen-bond acceptors (Lipinski definition) is 1. The van der Waals surface area contributed by atoms with Crippen molar-refractivity contribution < 1.29 is 9.90 Å². The van der Waals surface area contributed by atoms with E-state index in [-0.39, 0.29) is 5.41 Å². The van der Waals surface area contributed by atoms with Crippen LogP contribution in [0.25, 0.3) is 0 Å². The van der Waals surface area contributed by atoms with Gasteiger partial charge in [-0.05, 0) is 77.6 Å². The maximum Gasteiger partial charge on any atom is 0.342 e. The number of carbonyl (C=O) groups is 1. The lowest BCUT2D eigenvalue weighted by Crippen LogP contribution is -2.45. The van der Waals surface area contributed by atoms with Gasteiger partial charge in [-0.2, -0.15) is 0 Å². The van der Waals surface area contributed by atoms with E-state index in [0.717, 1.165) is 17.8 Å². The minimum Gasteiger partial charge on any atom is -0.477 e. The molecule has 1 N–H and O–H groups in total. The molecule has 4 bridgehead atoms. The summed E-state index contributed by atoms with van der Waals surface area (Å²) in [7, 11) is 0. The minimum atomic E-state index is -0.823. The normalized spacial score (nSPS) is 46.1. The van der Waals surface area contributed by atoms with Crippen LogP contribution in [0.3, 0.4) is 0 Å². The largest absolute Gasteiger partial charge is 0.477 e. The van der Waals surface area contributed by atoms with Gasteiger partial charge in [0.2, 0.25) is 0 Å². The predicted octanol–water partition coefficient (Wildman–Crippen LogP) is 3.57. The van der Waals surface area contributed by atoms with Crippen LogP contribution in [0.2, 0.25) is 0 Å². The Morgan fingerprint density at radius 1 is 1.12 bits per heavy atom. The lowest BCUT2D eigenvalue weighted by Gasteiger charge is -2.55. The zero-order valence-electron chi connectivity index (χ0n) is 9.29. The van der Waals surface area contributed by atoms with E-state index >= 15 is 0 Å². The van der Waals surface area contributed by atoms with Crippen LogP contribution in [0.4, 0.5) is 0 Å². The Morgan fingerprint density at radius 2 is 1.56 bits per heavy atom. The van der Waals surface area contributed by atoms with Crippen molar-refractivity contribution in [3.05, 3.63) is 10.6 Å². The summed E-state index contributed by atoms with van der Waals surface area (Å²) in [5, 5.41) is 8.97. The van der Waals surface area contributed by atoms with E-state index in [1.807, 2.05) is 6.08 Å². The van der Waals surface area contributed by atoms with Gasteiger partial charge in [0.25, 0.3) is 0 Å². The summed E-state index contributed by atoms with van der Waals surface area (Å²) in [6, 6.07) is 0. The molecule has 3 heteroatoms. The molecule has 2 nitrogen and oxygen atoms in total. The molecule has 4 fully saturated rings. The van der Waals surface area contributed by atoms with Crippen molar-refractivity contribution in [2.45, 2.75) is 38.5 Å². The molecular formula is C13H17BrO2. The fourth-order valence-electron chi connectivity index (χ4n) is 4.68. The standard InChI is InChI=1S/C13H17BrO2/c14-11(12(15)16)7-13-4-8-1-9(5-13)3-10(2-8)6-13/h7-10H,1-6H2,(H,15,16)/b11-7-. The van der Waals surface area contributed by atoms with Crippen LogP contribution < -0.4 is 0 Å². The molecule has 4 aliphatic rings. The Hall–Kier alpha value is -0.310. The van der Waals surface area contributed by atoms with Crippen LogP contribution in [0.15, 0.2) is 10.6 Å². The summed E-state index contributed by atoms with van der Waals surface area (Å²) >= 11 is 3.19. The molecule has 0 unspecified atom stereocenters. The van der Waals surface area contributed by atoms with E-state index in [1.165, 1.54) is 38.5 Å². The van der Waals surface area contributed by atoms with Gasteiger partial charge in [-0.15, -0.1) is 0 Å². The van der Waals surface area contributed by atoms with E-state index in [0.29, 0.717) is 4.48 Å². The summed E-state index contributed by atoms with van der Waals surface area (Å²) in [4.78, 5) is 10.9. The van der Waals surface area contributed by atoms with Gasteiger partial charge in [0, 0.05) is 0 Å². The van der Waals surface area contributed by atoms with E-state index in [1.54, 1.807) is 0 Å². The molecule has 0 saturated heterocycles. The summed E-state index contributed by atoms with van der Waals surface area (Å²) < 4.78 is 0.370. The number of rotatable bonds is 2. The van der Waals surface area contributed by atoms with Gasteiger partial charge in [0.1, 0.15) is 0 Å². The monoisotopic (exact) mass is 284 g/mol. The number of carboxylic acids is 1. The average Bonchev–Trinajstić information content (AvgIpc) is 2.13. The number of halogens is 1. The zero-order valence-corrected chi connectivity index (χ0v) is 10.9. The van der Waals surface area contributed by atoms with Gasteiger partial charge < -0.3 is 5.11 Å². The predicted molar refractivity (Wildman–Crippen MR) is 65.3 cm³/mol. The fourth-order valence-corrected chi connectivity index (χ4v) is 5.17. The van der Waals surface area contributed by atoms with Gasteiger partial charge in [-0.3, -0.25) is 0 Å². The molecular weight excluding hydrogens is 268 g/mol. The van der Waals surface area contributed by atoms with E-state index in [2.05, 4.69) is 15.9 Å². The molecule has 0 aromatic heterocycles. The SMILES string of the molecule is O=C(O)/C(Br)=C/C12CC3CC(CC(C3)C1)C2. The first-order valence-corrected chi connectivity index (χ1v) is 6.97. The molecule has 4 rings (SSSR count). The first-order valence-electron chi connectivity index (χ1n) is 6.18. The topological polar surface area (TPSA) is 37.3 Å². The van der Waals surface area contributed by atoms with Crippen molar-refractivity contribution in [3.63, 3.8) is 0 Å². The van der Waals surface area contributed by atoms with Gasteiger partial charge in [0.15, 0.2) is 0 Å². The van der Waals surface area contributed by atoms with Gasteiger partial charge >= 0.3 is 5.97 Å². The maximum absolute atomic E-state index is 10.9. The first-order chi connectivity index (χ1) is 7.56. The Balaban J connectivity index is 1.89. The Bertz CT molecular complexity index is 324. The van der Waals surface area contributed by atoms with E-state index in [4.69, 9.17) is 5.11 Å². The summed E-state index contributed by atoms with van der Waals surface area (Å²) in [6.07, 6.45) is 9.89. The van der Waals surface area contributed by atoms with Crippen LogP contribution >= 0.6 is 15.9 Å². The third-order valence-electron chi connectivity index (χ3n) is 4.72. The zero-order chi connectivity index (χ0) is 11.3. The van der Waals surface area contributed by atoms with Crippen molar-refractivity contribution in [3.8, 4) is 0 Å². The molecule has 0 aromatic carbocycles. The second kappa shape index (κ2) is 3.59. The highest BCUT2D eigenvalue weighted by Gasteiger charge is 2.50. The molecule has 0 atom stereocenters. The van der Waals surface area contributed by atoms with E-state index in [9.17, 15) is 4.79 Å². The first kappa shape index (κ1) is 10.8. The number of hydrogen-bond donors (Lipinski definition) is 1. The molecule has 16 heavy (non-hydrogen) atoms. The van der Waals surface area contributed by atoms with Crippen LogP contribution in [-0.2, 0) is 4.79 Å². The van der Waals surface area contributed by atoms with Gasteiger partial charge in [-0.25, -0.2) is 4.79 Å². The van der Waals surface area contributed by atoms with Gasteiger partial charge in [0.05, 0.1) is 4.48 Å². The fraction of sp³-hybridized carbons (Fsp3) is 0.769. The maximum atomic E-state index is 10.9. The number of carboxylic acid groups (broad SMARTS) is 1. The van der Waals surface area contributed by atoms with Crippen LogP contribution in [0.1, 0.15) is 38.5 Å². The van der Waals surface area contributed by atoms with Crippen LogP contribution in [0, 0.1) is 23.2 Å². The molecule has 0 aromatic rings. The van der Waals surface area contributed by atoms with Crippen molar-refractivity contribution in [1.82, 2.24) is 0 Å². The van der Waals surface area contributed by atoms with Crippen molar-refractivity contribution in [2.75, 3.05) is 0 Å². The molecule has 0 amide bonds. The average molecular weight is 285 g/mol. The Kier molecular flexibility index (Phi) is 2.43. The smallest absolute Gasteiger partial charge is 0.342 e. The summed E-state index contributed by atoms with van der Waals surface area (Å²) in [5.74, 6) is 1.79. The van der Waals surface area contributed by atoms with Gasteiger partial charge in [-0.1, -0.05) is 6.08 Å². The van der Waals surface area contributed by atoms with Crippen molar-refractivity contribution in [1.29, 1.82) is 0 Å². The third kappa shape index (κ3) is 1.73. The summed E-state index contributed by atoms with van der Waals surface area (Å²) in [6.45, 7) is 0. The molecule has 4 saturated carbocycles. The molecule has 0 radical (unpaired) electrons. The molecule has 88 valence electrons. The second-order valence-corrected chi connectivity index (χ2v) is 6.93. The lowest BCUT2D eigenvalue weighted by molar-refractivity contribution is -0.131. The molecule has 0 heterocycles. The molecule has 0 spiro atoms. The van der Waals surface area contributed by atoms with Crippen molar-refractivity contribution >= 4 is 21.9 Å². The third-order valence-corrected chi connectivity index (χ3v) is 5.29. The highest BCUT2D eigenvalue weighted by molar-refractivity contribution is 9.12. The molecule has 4 aliphatic carbocycles. The Labute approximate surface area is 104 Å². The Morgan fingerprint density at radius 3 is 1.94 bits per heavy atom. The quantitative estimate of drug-likeness (QED) is 0.787.